The van der Waals surface area contributed by atoms with Crippen molar-refractivity contribution >= 4 is 12.3 Å². The fourth-order valence-corrected chi connectivity index (χ4v) is 4.62. The van der Waals surface area contributed by atoms with E-state index in [0.717, 1.165) is 49.8 Å². The molecule has 1 N–H and O–H groups in total. The minimum Gasteiger partial charge on any atom is -0.336 e. The zero-order valence-corrected chi connectivity index (χ0v) is 17.7. The lowest BCUT2D eigenvalue weighted by atomic mass is 10.0. The van der Waals surface area contributed by atoms with Crippen LogP contribution in [0.15, 0.2) is 11.0 Å². The Morgan fingerprint density at radius 3 is 2.57 bits per heavy atom. The molecular weight excluding hydrogens is 384 g/mol. The fraction of sp³-hybridized carbons (Fsp3) is 0.571. The highest BCUT2D eigenvalue weighted by Crippen LogP contribution is 2.23. The molecular formula is C21H28N6O3. The summed E-state index contributed by atoms with van der Waals surface area (Å²) >= 11 is 0. The van der Waals surface area contributed by atoms with Gasteiger partial charge in [-0.15, -0.1) is 0 Å². The number of fused-ring (bicyclic) bond motifs is 1. The fourth-order valence-electron chi connectivity index (χ4n) is 4.62. The molecule has 9 nitrogen and oxygen atoms in total. The second-order valence-corrected chi connectivity index (χ2v) is 8.11. The molecule has 0 aromatic carbocycles. The highest BCUT2D eigenvalue weighted by atomic mass is 16.2. The number of nitrogens with zero attached hydrogens (tertiary/aromatic N) is 5. The third kappa shape index (κ3) is 3.32. The number of rotatable bonds is 5. The van der Waals surface area contributed by atoms with E-state index in [-0.39, 0.29) is 23.6 Å². The molecule has 4 rings (SSSR count). The van der Waals surface area contributed by atoms with Crippen molar-refractivity contribution in [1.82, 2.24) is 29.5 Å². The van der Waals surface area contributed by atoms with Crippen molar-refractivity contribution in [3.8, 4) is 5.95 Å². The van der Waals surface area contributed by atoms with Crippen molar-refractivity contribution in [3.05, 3.63) is 39.1 Å². The summed E-state index contributed by atoms with van der Waals surface area (Å²) in [6.45, 7) is 6.87. The maximum atomic E-state index is 13.3. The molecule has 2 amide bonds. The van der Waals surface area contributed by atoms with E-state index in [0.29, 0.717) is 30.3 Å². The number of carbonyl (C=O) groups excluding carboxylic acids is 2. The van der Waals surface area contributed by atoms with Crippen LogP contribution in [0.5, 0.6) is 0 Å². The molecule has 160 valence electrons. The molecule has 3 heterocycles. The number of aromatic amines is 1. The molecule has 0 spiro atoms. The van der Waals surface area contributed by atoms with Gasteiger partial charge in [-0.05, 0) is 39.0 Å². The Bertz CT molecular complexity index is 1010. The van der Waals surface area contributed by atoms with Gasteiger partial charge < -0.3 is 9.80 Å². The maximum absolute atomic E-state index is 13.3. The number of nitrogens with one attached hydrogen (secondary N) is 1. The predicted octanol–water partition coefficient (Wildman–Crippen LogP) is 1.22. The number of amides is 2. The number of H-pyrrole nitrogens is 1. The van der Waals surface area contributed by atoms with Crippen LogP contribution in [-0.4, -0.2) is 67.0 Å². The monoisotopic (exact) mass is 412 g/mol. The van der Waals surface area contributed by atoms with Gasteiger partial charge in [-0.2, -0.15) is 5.10 Å². The summed E-state index contributed by atoms with van der Waals surface area (Å²) in [7, 11) is 0. The molecule has 2 aromatic heterocycles. The first kappa shape index (κ1) is 20.3. The van der Waals surface area contributed by atoms with Crippen LogP contribution in [-0.2, 0) is 17.6 Å². The molecule has 1 saturated heterocycles. The average Bonchev–Trinajstić information content (AvgIpc) is 3.38. The first-order valence-corrected chi connectivity index (χ1v) is 10.7. The van der Waals surface area contributed by atoms with Gasteiger partial charge in [0.1, 0.15) is 0 Å². The van der Waals surface area contributed by atoms with Crippen LogP contribution in [0.25, 0.3) is 5.95 Å². The zero-order chi connectivity index (χ0) is 21.4. The Kier molecular flexibility index (Phi) is 5.44. The second kappa shape index (κ2) is 8.04. The number of aromatic nitrogens is 4. The zero-order valence-electron chi connectivity index (χ0n) is 17.7. The molecule has 2 unspecified atom stereocenters. The summed E-state index contributed by atoms with van der Waals surface area (Å²) in [6, 6.07) is 0.0190. The SMILES string of the molecule is CCC1CN(C(=O)c2cnn(-c3nc4c(c(=O)[nH]3)CCC4)c2C)CC(CC)N1C=O. The second-order valence-electron chi connectivity index (χ2n) is 8.11. The van der Waals surface area contributed by atoms with E-state index in [1.54, 1.807) is 6.20 Å². The summed E-state index contributed by atoms with van der Waals surface area (Å²) in [5, 5.41) is 4.35. The van der Waals surface area contributed by atoms with Crippen LogP contribution in [0.3, 0.4) is 0 Å². The third-order valence-corrected chi connectivity index (χ3v) is 6.43. The lowest BCUT2D eigenvalue weighted by Crippen LogP contribution is -2.59. The van der Waals surface area contributed by atoms with Crippen LogP contribution in [0, 0.1) is 6.92 Å². The summed E-state index contributed by atoms with van der Waals surface area (Å²) in [6.07, 6.45) is 6.50. The van der Waals surface area contributed by atoms with Gasteiger partial charge in [0, 0.05) is 30.7 Å². The van der Waals surface area contributed by atoms with E-state index >= 15 is 0 Å². The van der Waals surface area contributed by atoms with Crippen molar-refractivity contribution in [2.24, 2.45) is 0 Å². The van der Waals surface area contributed by atoms with Gasteiger partial charge in [-0.3, -0.25) is 19.4 Å². The van der Waals surface area contributed by atoms with Gasteiger partial charge >= 0.3 is 0 Å². The molecule has 0 bridgehead atoms. The summed E-state index contributed by atoms with van der Waals surface area (Å²) in [5.74, 6) is 0.241. The number of aryl methyl sites for hydroxylation is 1. The van der Waals surface area contributed by atoms with Crippen molar-refractivity contribution in [2.45, 2.75) is 65.0 Å². The lowest BCUT2D eigenvalue weighted by Gasteiger charge is -2.44. The Balaban J connectivity index is 1.62. The van der Waals surface area contributed by atoms with E-state index in [2.05, 4.69) is 15.1 Å². The average molecular weight is 412 g/mol. The van der Waals surface area contributed by atoms with Crippen LogP contribution < -0.4 is 5.56 Å². The molecule has 2 atom stereocenters. The number of piperazine rings is 1. The molecule has 1 aliphatic heterocycles. The Labute approximate surface area is 175 Å². The summed E-state index contributed by atoms with van der Waals surface area (Å²) in [4.78, 5) is 48.3. The summed E-state index contributed by atoms with van der Waals surface area (Å²) in [5.41, 5.74) is 2.57. The molecule has 30 heavy (non-hydrogen) atoms. The van der Waals surface area contributed by atoms with Crippen molar-refractivity contribution in [1.29, 1.82) is 0 Å². The quantitative estimate of drug-likeness (QED) is 0.744. The minimum atomic E-state index is -0.128. The van der Waals surface area contributed by atoms with Crippen LogP contribution in [0.2, 0.25) is 0 Å². The van der Waals surface area contributed by atoms with E-state index in [1.807, 2.05) is 30.6 Å². The van der Waals surface area contributed by atoms with Gasteiger partial charge in [-0.1, -0.05) is 13.8 Å². The van der Waals surface area contributed by atoms with Crippen molar-refractivity contribution in [2.75, 3.05) is 13.1 Å². The van der Waals surface area contributed by atoms with Crippen LogP contribution >= 0.6 is 0 Å². The van der Waals surface area contributed by atoms with Gasteiger partial charge in [0.15, 0.2) is 0 Å². The maximum Gasteiger partial charge on any atom is 0.257 e. The van der Waals surface area contributed by atoms with E-state index in [9.17, 15) is 14.4 Å². The van der Waals surface area contributed by atoms with Crippen molar-refractivity contribution < 1.29 is 9.59 Å². The predicted molar refractivity (Wildman–Crippen MR) is 111 cm³/mol. The molecule has 2 aliphatic rings. The normalized spacial score (nSPS) is 21.0. The standard InChI is InChI=1S/C21H28N6O3/c1-4-14-10-25(11-15(5-2)26(14)12-28)20(30)17-9-22-27(13(17)3)21-23-18-8-6-7-16(18)19(29)24-21/h9,12,14-15H,4-8,10-11H2,1-3H3,(H,23,24,29). The highest BCUT2D eigenvalue weighted by Gasteiger charge is 2.35. The Hall–Kier alpha value is -2.97. The Morgan fingerprint density at radius 2 is 1.93 bits per heavy atom. The summed E-state index contributed by atoms with van der Waals surface area (Å²) < 4.78 is 1.53. The Morgan fingerprint density at radius 1 is 1.23 bits per heavy atom. The molecule has 0 saturated carbocycles. The smallest absolute Gasteiger partial charge is 0.257 e. The van der Waals surface area contributed by atoms with Crippen molar-refractivity contribution in [3.63, 3.8) is 0 Å². The van der Waals surface area contributed by atoms with Gasteiger partial charge in [0.05, 0.1) is 23.1 Å². The van der Waals surface area contributed by atoms with Gasteiger partial charge in [0.25, 0.3) is 11.5 Å². The largest absolute Gasteiger partial charge is 0.336 e. The minimum absolute atomic E-state index is 0.00948. The molecule has 9 heteroatoms. The molecule has 1 aliphatic carbocycles. The first-order chi connectivity index (χ1) is 14.5. The van der Waals surface area contributed by atoms with Crippen LogP contribution in [0.4, 0.5) is 0 Å². The first-order valence-electron chi connectivity index (χ1n) is 10.7. The highest BCUT2D eigenvalue weighted by molar-refractivity contribution is 5.95. The molecule has 1 fully saturated rings. The topological polar surface area (TPSA) is 104 Å². The number of carbonyl (C=O) groups is 2. The van der Waals surface area contributed by atoms with Gasteiger partial charge in [-0.25, -0.2) is 9.67 Å². The van der Waals surface area contributed by atoms with E-state index in [4.69, 9.17) is 0 Å². The van der Waals surface area contributed by atoms with Gasteiger partial charge in [0.2, 0.25) is 12.4 Å². The van der Waals surface area contributed by atoms with Crippen LogP contribution in [0.1, 0.15) is 60.4 Å². The molecule has 0 radical (unpaired) electrons. The van der Waals surface area contributed by atoms with E-state index < -0.39 is 0 Å². The molecule has 2 aromatic rings. The lowest BCUT2D eigenvalue weighted by molar-refractivity contribution is -0.126. The number of hydrogen-bond donors (Lipinski definition) is 1. The third-order valence-electron chi connectivity index (χ3n) is 6.43. The van der Waals surface area contributed by atoms with E-state index in [1.165, 1.54) is 4.68 Å². The number of hydrogen-bond acceptors (Lipinski definition) is 5.